The molecule has 8 nitrogen and oxygen atoms in total. The molecule has 0 radical (unpaired) electrons. The Morgan fingerprint density at radius 2 is 1.93 bits per heavy atom. The first kappa shape index (κ1) is 18.9. The van der Waals surface area contributed by atoms with Gasteiger partial charge >= 0.3 is 0 Å². The van der Waals surface area contributed by atoms with Crippen molar-refractivity contribution in [1.29, 1.82) is 0 Å². The van der Waals surface area contributed by atoms with E-state index in [9.17, 15) is 8.42 Å². The molecule has 0 bridgehead atoms. The quantitative estimate of drug-likeness (QED) is 0.517. The number of ether oxygens (including phenoxy) is 1. The molecule has 0 fully saturated rings. The van der Waals surface area contributed by atoms with Gasteiger partial charge in [-0.25, -0.2) is 18.4 Å². The van der Waals surface area contributed by atoms with Crippen LogP contribution in [0.2, 0.25) is 0 Å². The van der Waals surface area contributed by atoms with Crippen molar-refractivity contribution in [3.8, 4) is 16.9 Å². The van der Waals surface area contributed by atoms with Crippen molar-refractivity contribution in [1.82, 2.24) is 15.1 Å². The number of fused-ring (bicyclic) bond motifs is 1. The van der Waals surface area contributed by atoms with E-state index >= 15 is 0 Å². The fourth-order valence-corrected chi connectivity index (χ4v) is 4.27. The molecule has 148 valence electrons. The third-order valence-corrected chi connectivity index (χ3v) is 5.89. The Kier molecular flexibility index (Phi) is 4.89. The largest absolute Gasteiger partial charge is 0.495 e. The number of rotatable bonds is 6. The Morgan fingerprint density at radius 3 is 2.66 bits per heavy atom. The number of aryl methyl sites for hydroxylation is 1. The van der Waals surface area contributed by atoms with Crippen LogP contribution in [-0.2, 0) is 16.4 Å². The summed E-state index contributed by atoms with van der Waals surface area (Å²) in [5.74, 6) is 0.354. The van der Waals surface area contributed by atoms with Gasteiger partial charge in [-0.15, -0.1) is 0 Å². The van der Waals surface area contributed by atoms with E-state index in [0.717, 1.165) is 11.1 Å². The maximum atomic E-state index is 13.1. The third-order valence-electron chi connectivity index (χ3n) is 4.53. The number of benzene rings is 2. The van der Waals surface area contributed by atoms with E-state index in [1.807, 2.05) is 19.1 Å². The molecule has 2 aromatic carbocycles. The van der Waals surface area contributed by atoms with E-state index in [-0.39, 0.29) is 16.5 Å². The summed E-state index contributed by atoms with van der Waals surface area (Å²) in [6, 6.07) is 10.4. The SMILES string of the molecule is CCc1ccc(OC)c(S(=O)(=O)Nc2noc3c(-c4cncnc4)cccc23)c1. The van der Waals surface area contributed by atoms with Crippen LogP contribution in [0.3, 0.4) is 0 Å². The molecule has 0 aliphatic rings. The number of aromatic nitrogens is 3. The zero-order chi connectivity index (χ0) is 20.4. The summed E-state index contributed by atoms with van der Waals surface area (Å²) < 4.78 is 39.3. The van der Waals surface area contributed by atoms with Crippen LogP contribution >= 0.6 is 0 Å². The Morgan fingerprint density at radius 1 is 1.14 bits per heavy atom. The van der Waals surface area contributed by atoms with Gasteiger partial charge in [0.2, 0.25) is 0 Å². The summed E-state index contributed by atoms with van der Waals surface area (Å²) in [6.07, 6.45) is 5.42. The predicted molar refractivity (Wildman–Crippen MR) is 108 cm³/mol. The van der Waals surface area contributed by atoms with Crippen LogP contribution in [0.4, 0.5) is 5.82 Å². The van der Waals surface area contributed by atoms with Gasteiger partial charge in [0.05, 0.1) is 12.5 Å². The molecular formula is C20H18N4O4S. The summed E-state index contributed by atoms with van der Waals surface area (Å²) in [5.41, 5.74) is 2.77. The second-order valence-electron chi connectivity index (χ2n) is 6.28. The monoisotopic (exact) mass is 410 g/mol. The van der Waals surface area contributed by atoms with Crippen molar-refractivity contribution in [3.05, 3.63) is 60.7 Å². The lowest BCUT2D eigenvalue weighted by atomic mass is 10.1. The Labute approximate surface area is 167 Å². The summed E-state index contributed by atoms with van der Waals surface area (Å²) in [5, 5.41) is 4.47. The maximum absolute atomic E-state index is 13.1. The second-order valence-corrected chi connectivity index (χ2v) is 7.94. The molecule has 9 heteroatoms. The van der Waals surface area contributed by atoms with Gasteiger partial charge < -0.3 is 9.26 Å². The number of methoxy groups -OCH3 is 1. The van der Waals surface area contributed by atoms with E-state index in [1.54, 1.807) is 36.7 Å². The molecular weight excluding hydrogens is 392 g/mol. The first-order valence-corrected chi connectivity index (χ1v) is 10.4. The molecule has 1 N–H and O–H groups in total. The Balaban J connectivity index is 1.77. The van der Waals surface area contributed by atoms with Gasteiger partial charge in [-0.3, -0.25) is 4.72 Å². The summed E-state index contributed by atoms with van der Waals surface area (Å²) in [7, 11) is -2.52. The standard InChI is InChI=1S/C20H18N4O4S/c1-3-13-7-8-17(27-2)18(9-13)29(25,26)24-20-16-6-4-5-15(19(16)28-23-20)14-10-21-12-22-11-14/h4-12H,3H2,1-2H3,(H,23,24). The normalized spacial score (nSPS) is 11.5. The molecule has 0 unspecified atom stereocenters. The zero-order valence-corrected chi connectivity index (χ0v) is 16.6. The minimum atomic E-state index is -3.95. The van der Waals surface area contributed by atoms with Gasteiger partial charge in [-0.1, -0.05) is 30.3 Å². The van der Waals surface area contributed by atoms with Crippen LogP contribution < -0.4 is 9.46 Å². The average molecular weight is 410 g/mol. The molecule has 0 saturated heterocycles. The summed E-state index contributed by atoms with van der Waals surface area (Å²) in [6.45, 7) is 1.95. The van der Waals surface area contributed by atoms with Gasteiger partial charge in [0.15, 0.2) is 11.4 Å². The highest BCUT2D eigenvalue weighted by Crippen LogP contribution is 2.34. The van der Waals surface area contributed by atoms with Crippen LogP contribution in [0.1, 0.15) is 12.5 Å². The topological polar surface area (TPSA) is 107 Å². The molecule has 4 rings (SSSR count). The van der Waals surface area contributed by atoms with Crippen molar-refractivity contribution in [3.63, 3.8) is 0 Å². The summed E-state index contributed by atoms with van der Waals surface area (Å²) >= 11 is 0. The van der Waals surface area contributed by atoms with Gasteiger partial charge in [-0.05, 0) is 30.2 Å². The number of anilines is 1. The molecule has 2 aromatic heterocycles. The smallest absolute Gasteiger partial charge is 0.266 e. The fraction of sp³-hybridized carbons (Fsp3) is 0.150. The van der Waals surface area contributed by atoms with Gasteiger partial charge in [0, 0.05) is 23.5 Å². The van der Waals surface area contributed by atoms with Crippen LogP contribution in [-0.4, -0.2) is 30.7 Å². The van der Waals surface area contributed by atoms with Crippen LogP contribution in [0.15, 0.2) is 64.5 Å². The number of para-hydroxylation sites is 1. The van der Waals surface area contributed by atoms with E-state index in [1.165, 1.54) is 13.4 Å². The van der Waals surface area contributed by atoms with Crippen LogP contribution in [0.25, 0.3) is 22.1 Å². The molecule has 0 spiro atoms. The lowest BCUT2D eigenvalue weighted by molar-refractivity contribution is 0.402. The lowest BCUT2D eigenvalue weighted by Crippen LogP contribution is -2.15. The van der Waals surface area contributed by atoms with Crippen LogP contribution in [0.5, 0.6) is 5.75 Å². The lowest BCUT2D eigenvalue weighted by Gasteiger charge is -2.11. The first-order valence-electron chi connectivity index (χ1n) is 8.87. The van der Waals surface area contributed by atoms with Gasteiger partial charge in [0.25, 0.3) is 10.0 Å². The molecule has 2 heterocycles. The summed E-state index contributed by atoms with van der Waals surface area (Å²) in [4.78, 5) is 8.07. The average Bonchev–Trinajstić information content (AvgIpc) is 3.16. The first-order chi connectivity index (χ1) is 14.0. The number of sulfonamides is 1. The van der Waals surface area contributed by atoms with Crippen molar-refractivity contribution in [2.75, 3.05) is 11.8 Å². The van der Waals surface area contributed by atoms with Crippen molar-refractivity contribution in [2.45, 2.75) is 18.2 Å². The number of hydrogen-bond acceptors (Lipinski definition) is 7. The second kappa shape index (κ2) is 7.51. The third kappa shape index (κ3) is 3.52. The highest BCUT2D eigenvalue weighted by atomic mass is 32.2. The van der Waals surface area contributed by atoms with Crippen LogP contribution in [0, 0.1) is 0 Å². The van der Waals surface area contributed by atoms with Gasteiger partial charge in [0.1, 0.15) is 17.0 Å². The highest BCUT2D eigenvalue weighted by molar-refractivity contribution is 7.92. The fourth-order valence-electron chi connectivity index (χ4n) is 3.03. The van der Waals surface area contributed by atoms with E-state index in [0.29, 0.717) is 23.0 Å². The molecule has 0 amide bonds. The molecule has 0 aliphatic heterocycles. The minimum Gasteiger partial charge on any atom is -0.495 e. The number of nitrogens with one attached hydrogen (secondary N) is 1. The Bertz CT molecular complexity index is 1270. The maximum Gasteiger partial charge on any atom is 0.266 e. The van der Waals surface area contributed by atoms with E-state index in [4.69, 9.17) is 9.26 Å². The minimum absolute atomic E-state index is 0.0445. The molecule has 4 aromatic rings. The van der Waals surface area contributed by atoms with Crippen molar-refractivity contribution >= 4 is 26.8 Å². The molecule has 0 saturated carbocycles. The number of hydrogen-bond donors (Lipinski definition) is 1. The number of nitrogens with zero attached hydrogens (tertiary/aromatic N) is 3. The molecule has 0 atom stereocenters. The molecule has 29 heavy (non-hydrogen) atoms. The molecule has 0 aliphatic carbocycles. The van der Waals surface area contributed by atoms with Crippen molar-refractivity contribution < 1.29 is 17.7 Å². The van der Waals surface area contributed by atoms with Gasteiger partial charge in [-0.2, -0.15) is 0 Å². The van der Waals surface area contributed by atoms with E-state index < -0.39 is 10.0 Å². The van der Waals surface area contributed by atoms with E-state index in [2.05, 4.69) is 19.8 Å². The zero-order valence-electron chi connectivity index (χ0n) is 15.8. The predicted octanol–water partition coefficient (Wildman–Crippen LogP) is 3.66. The Hall–Kier alpha value is -3.46. The highest BCUT2D eigenvalue weighted by Gasteiger charge is 2.23. The van der Waals surface area contributed by atoms with Crippen molar-refractivity contribution in [2.24, 2.45) is 0 Å².